The van der Waals surface area contributed by atoms with Crippen molar-refractivity contribution in [2.24, 2.45) is 0 Å². The second kappa shape index (κ2) is 9.65. The maximum Gasteiger partial charge on any atom is 0.145 e. The molecule has 108 valence electrons. The number of hydrogen-bond acceptors (Lipinski definition) is 2. The Hall–Kier alpha value is -1.25. The molecule has 0 aliphatic heterocycles. The van der Waals surface area contributed by atoms with Crippen molar-refractivity contribution in [2.45, 2.75) is 58.3 Å². The smallest absolute Gasteiger partial charge is 0.145 e. The predicted molar refractivity (Wildman–Crippen MR) is 78.9 cm³/mol. The summed E-state index contributed by atoms with van der Waals surface area (Å²) in [5.41, 5.74) is 6.21. The third-order valence-corrected chi connectivity index (χ3v) is 3.23. The largest absolute Gasteiger partial charge is 0.491 e. The molecule has 0 saturated heterocycles. The molecule has 0 atom stereocenters. The Morgan fingerprint density at radius 3 is 2.32 bits per heavy atom. The number of nitrogens with two attached hydrogens (primary N) is 1. The maximum atomic E-state index is 13.0. The highest BCUT2D eigenvalue weighted by Crippen LogP contribution is 2.22. The highest BCUT2D eigenvalue weighted by atomic mass is 19.1. The van der Waals surface area contributed by atoms with Gasteiger partial charge in [0, 0.05) is 6.07 Å². The lowest BCUT2D eigenvalue weighted by molar-refractivity contribution is 0.304. The SMILES string of the molecule is CCCCCCCCCCOc1cc(F)ccc1N. The molecule has 0 aliphatic carbocycles. The lowest BCUT2D eigenvalue weighted by Crippen LogP contribution is -2.00. The Morgan fingerprint density at radius 2 is 1.63 bits per heavy atom. The highest BCUT2D eigenvalue weighted by Gasteiger charge is 2.01. The van der Waals surface area contributed by atoms with Crippen LogP contribution in [0.4, 0.5) is 10.1 Å². The number of hydrogen-bond donors (Lipinski definition) is 1. The normalized spacial score (nSPS) is 10.6. The molecule has 3 heteroatoms. The van der Waals surface area contributed by atoms with Crippen molar-refractivity contribution in [2.75, 3.05) is 12.3 Å². The average Bonchev–Trinajstić information content (AvgIpc) is 2.40. The van der Waals surface area contributed by atoms with Crippen LogP contribution in [0.2, 0.25) is 0 Å². The molecule has 0 unspecified atom stereocenters. The van der Waals surface area contributed by atoms with Crippen LogP contribution in [0.1, 0.15) is 58.3 Å². The Kier molecular flexibility index (Phi) is 8.03. The van der Waals surface area contributed by atoms with Crippen LogP contribution in [-0.4, -0.2) is 6.61 Å². The van der Waals surface area contributed by atoms with E-state index < -0.39 is 0 Å². The Balaban J connectivity index is 2.03. The molecule has 1 aromatic carbocycles. The van der Waals surface area contributed by atoms with Crippen molar-refractivity contribution < 1.29 is 9.13 Å². The van der Waals surface area contributed by atoms with E-state index in [1.54, 1.807) is 6.07 Å². The van der Waals surface area contributed by atoms with E-state index in [1.165, 1.54) is 57.1 Å². The minimum atomic E-state index is -0.305. The second-order valence-corrected chi connectivity index (χ2v) is 5.01. The van der Waals surface area contributed by atoms with Gasteiger partial charge in [-0.15, -0.1) is 0 Å². The predicted octanol–water partition coefficient (Wildman–Crippen LogP) is 4.93. The molecule has 19 heavy (non-hydrogen) atoms. The van der Waals surface area contributed by atoms with Gasteiger partial charge in [0.2, 0.25) is 0 Å². The van der Waals surface area contributed by atoms with Crippen molar-refractivity contribution >= 4 is 5.69 Å². The van der Waals surface area contributed by atoms with Crippen LogP contribution < -0.4 is 10.5 Å². The summed E-state index contributed by atoms with van der Waals surface area (Å²) in [7, 11) is 0. The van der Waals surface area contributed by atoms with E-state index in [9.17, 15) is 4.39 Å². The van der Waals surface area contributed by atoms with E-state index in [0.29, 0.717) is 18.0 Å². The third-order valence-electron chi connectivity index (χ3n) is 3.23. The van der Waals surface area contributed by atoms with Gasteiger partial charge in [0.1, 0.15) is 11.6 Å². The van der Waals surface area contributed by atoms with Crippen molar-refractivity contribution in [3.63, 3.8) is 0 Å². The van der Waals surface area contributed by atoms with E-state index in [1.807, 2.05) is 0 Å². The summed E-state index contributed by atoms with van der Waals surface area (Å²) >= 11 is 0. The quantitative estimate of drug-likeness (QED) is 0.482. The van der Waals surface area contributed by atoms with Gasteiger partial charge in [-0.25, -0.2) is 4.39 Å². The van der Waals surface area contributed by atoms with Gasteiger partial charge in [-0.2, -0.15) is 0 Å². The zero-order chi connectivity index (χ0) is 13.9. The summed E-state index contributed by atoms with van der Waals surface area (Å²) < 4.78 is 18.5. The fourth-order valence-electron chi connectivity index (χ4n) is 2.05. The summed E-state index contributed by atoms with van der Waals surface area (Å²) in [6.07, 6.45) is 10.1. The molecule has 2 N–H and O–H groups in total. The molecular formula is C16H26FNO. The Bertz CT molecular complexity index is 355. The van der Waals surface area contributed by atoms with E-state index >= 15 is 0 Å². The maximum absolute atomic E-state index is 13.0. The number of anilines is 1. The summed E-state index contributed by atoms with van der Waals surface area (Å²) in [5.74, 6) is 0.156. The van der Waals surface area contributed by atoms with Gasteiger partial charge in [0.05, 0.1) is 12.3 Å². The number of benzene rings is 1. The zero-order valence-electron chi connectivity index (χ0n) is 12.0. The number of unbranched alkanes of at least 4 members (excludes halogenated alkanes) is 7. The van der Waals surface area contributed by atoms with Crippen LogP contribution in [0.25, 0.3) is 0 Å². The molecule has 0 fully saturated rings. The van der Waals surface area contributed by atoms with Gasteiger partial charge in [-0.3, -0.25) is 0 Å². The van der Waals surface area contributed by atoms with E-state index in [0.717, 1.165) is 6.42 Å². The van der Waals surface area contributed by atoms with Crippen molar-refractivity contribution in [1.29, 1.82) is 0 Å². The van der Waals surface area contributed by atoms with Crippen LogP contribution >= 0.6 is 0 Å². The van der Waals surface area contributed by atoms with Gasteiger partial charge < -0.3 is 10.5 Å². The van der Waals surface area contributed by atoms with Crippen molar-refractivity contribution in [3.8, 4) is 5.75 Å². The van der Waals surface area contributed by atoms with Gasteiger partial charge in [-0.05, 0) is 18.6 Å². The van der Waals surface area contributed by atoms with Gasteiger partial charge in [0.25, 0.3) is 0 Å². The number of rotatable bonds is 10. The van der Waals surface area contributed by atoms with E-state index in [-0.39, 0.29) is 5.82 Å². The van der Waals surface area contributed by atoms with Crippen molar-refractivity contribution in [3.05, 3.63) is 24.0 Å². The fourth-order valence-corrected chi connectivity index (χ4v) is 2.05. The molecule has 2 nitrogen and oxygen atoms in total. The van der Waals surface area contributed by atoms with Crippen LogP contribution in [0.15, 0.2) is 18.2 Å². The first-order valence-electron chi connectivity index (χ1n) is 7.42. The van der Waals surface area contributed by atoms with Crippen molar-refractivity contribution in [1.82, 2.24) is 0 Å². The summed E-state index contributed by atoms with van der Waals surface area (Å²) in [4.78, 5) is 0. The zero-order valence-corrected chi connectivity index (χ0v) is 12.0. The van der Waals surface area contributed by atoms with Gasteiger partial charge in [-0.1, -0.05) is 51.9 Å². The van der Waals surface area contributed by atoms with Crippen LogP contribution in [-0.2, 0) is 0 Å². The first kappa shape index (κ1) is 15.8. The standard InChI is InChI=1S/C16H26FNO/c1-2-3-4-5-6-7-8-9-12-19-16-13-14(17)10-11-15(16)18/h10-11,13H,2-9,12,18H2,1H3. The molecular weight excluding hydrogens is 241 g/mol. The second-order valence-electron chi connectivity index (χ2n) is 5.01. The first-order chi connectivity index (χ1) is 9.24. The number of halogens is 1. The monoisotopic (exact) mass is 267 g/mol. The third kappa shape index (κ3) is 7.04. The lowest BCUT2D eigenvalue weighted by Gasteiger charge is -2.08. The average molecular weight is 267 g/mol. The minimum Gasteiger partial charge on any atom is -0.491 e. The molecule has 0 radical (unpaired) electrons. The van der Waals surface area contributed by atoms with E-state index in [4.69, 9.17) is 10.5 Å². The molecule has 0 heterocycles. The van der Waals surface area contributed by atoms with Gasteiger partial charge in [0.15, 0.2) is 0 Å². The number of nitrogen functional groups attached to an aromatic ring is 1. The van der Waals surface area contributed by atoms with E-state index in [2.05, 4.69) is 6.92 Å². The molecule has 1 rings (SSSR count). The van der Waals surface area contributed by atoms with Gasteiger partial charge >= 0.3 is 0 Å². The molecule has 0 aromatic heterocycles. The molecule has 0 spiro atoms. The molecule has 0 amide bonds. The molecule has 1 aromatic rings. The lowest BCUT2D eigenvalue weighted by atomic mass is 10.1. The van der Waals surface area contributed by atoms with Crippen LogP contribution in [0.5, 0.6) is 5.75 Å². The molecule has 0 bridgehead atoms. The highest BCUT2D eigenvalue weighted by molar-refractivity contribution is 5.52. The minimum absolute atomic E-state index is 0.305. The fraction of sp³-hybridized carbons (Fsp3) is 0.625. The summed E-state index contributed by atoms with van der Waals surface area (Å²) in [5, 5.41) is 0. The first-order valence-corrected chi connectivity index (χ1v) is 7.42. The molecule has 0 aliphatic rings. The Morgan fingerprint density at radius 1 is 1.00 bits per heavy atom. The summed E-state index contributed by atoms with van der Waals surface area (Å²) in [6.45, 7) is 2.85. The van der Waals surface area contributed by atoms with Crippen LogP contribution in [0, 0.1) is 5.82 Å². The number of ether oxygens (including phenoxy) is 1. The summed E-state index contributed by atoms with van der Waals surface area (Å²) in [6, 6.07) is 4.23. The Labute approximate surface area is 116 Å². The van der Waals surface area contributed by atoms with Crippen LogP contribution in [0.3, 0.4) is 0 Å². The topological polar surface area (TPSA) is 35.2 Å². The molecule has 0 saturated carbocycles.